The average molecular weight is 755 g/mol. The van der Waals surface area contributed by atoms with Crippen LogP contribution in [0.1, 0.15) is 49.1 Å². The Labute approximate surface area is 348 Å². The first-order valence-electron chi connectivity index (χ1n) is 20.2. The first-order chi connectivity index (χ1) is 28.6. The van der Waals surface area contributed by atoms with Crippen molar-refractivity contribution in [1.82, 2.24) is 0 Å². The fourth-order valence-electron chi connectivity index (χ4n) is 9.98. The molecule has 0 radical (unpaired) electrons. The van der Waals surface area contributed by atoms with E-state index in [2.05, 4.69) is 178 Å². The van der Waals surface area contributed by atoms with E-state index in [9.17, 15) is 0 Å². The van der Waals surface area contributed by atoms with Crippen LogP contribution in [0.4, 0.5) is 0 Å². The van der Waals surface area contributed by atoms with Crippen LogP contribution in [0, 0.1) is 0 Å². The molecule has 0 aliphatic heterocycles. The first kappa shape index (κ1) is 37.3. The van der Waals surface area contributed by atoms with E-state index in [0.717, 1.165) is 22.3 Å². The van der Waals surface area contributed by atoms with Crippen LogP contribution in [0.3, 0.4) is 0 Å². The maximum absolute atomic E-state index is 4.60. The van der Waals surface area contributed by atoms with E-state index in [1.807, 2.05) is 32.1 Å². The lowest BCUT2D eigenvalue weighted by Crippen LogP contribution is -1.98. The van der Waals surface area contributed by atoms with Gasteiger partial charge in [-0.15, -0.1) is 0 Å². The molecule has 0 fully saturated rings. The summed E-state index contributed by atoms with van der Waals surface area (Å²) >= 11 is 0. The van der Waals surface area contributed by atoms with Gasteiger partial charge in [-0.2, -0.15) is 0 Å². The van der Waals surface area contributed by atoms with Crippen molar-refractivity contribution in [3.05, 3.63) is 206 Å². The van der Waals surface area contributed by atoms with Crippen molar-refractivity contribution in [3.8, 4) is 66.8 Å². The lowest BCUT2D eigenvalue weighted by Gasteiger charge is -2.22. The van der Waals surface area contributed by atoms with Gasteiger partial charge in [0.2, 0.25) is 0 Å². The van der Waals surface area contributed by atoms with Gasteiger partial charge in [0.15, 0.2) is 0 Å². The average Bonchev–Trinajstić information content (AvgIpc) is 3.77. The fourth-order valence-corrected chi connectivity index (χ4v) is 9.98. The molecular formula is C59H46. The van der Waals surface area contributed by atoms with E-state index in [1.54, 1.807) is 0 Å². The molecule has 282 valence electrons. The number of hydrogen-bond donors (Lipinski definition) is 0. The van der Waals surface area contributed by atoms with E-state index in [0.29, 0.717) is 0 Å². The minimum atomic E-state index is 0. The summed E-state index contributed by atoms with van der Waals surface area (Å²) in [5, 5.41) is 7.39. The molecule has 0 saturated heterocycles. The predicted molar refractivity (Wildman–Crippen MR) is 262 cm³/mol. The number of benzene rings is 9. The van der Waals surface area contributed by atoms with Gasteiger partial charge in [-0.05, 0) is 145 Å². The minimum Gasteiger partial charge on any atom is -0.0984 e. The van der Waals surface area contributed by atoms with Crippen LogP contribution in [0.15, 0.2) is 178 Å². The Morgan fingerprint density at radius 2 is 0.814 bits per heavy atom. The maximum atomic E-state index is 4.60. The van der Waals surface area contributed by atoms with E-state index >= 15 is 0 Å². The quantitative estimate of drug-likeness (QED) is 0.148. The maximum Gasteiger partial charge on any atom is -0.000741 e. The lowest BCUT2D eigenvalue weighted by atomic mass is 9.80. The highest BCUT2D eigenvalue weighted by Gasteiger charge is 2.33. The minimum absolute atomic E-state index is 0. The molecule has 0 unspecified atom stereocenters. The molecule has 9 aromatic carbocycles. The normalized spacial score (nSPS) is 11.7. The number of rotatable bonds is 6. The predicted octanol–water partition coefficient (Wildman–Crippen LogP) is 17.4. The molecule has 0 nitrogen and oxygen atoms in total. The molecule has 2 aliphatic carbocycles. The van der Waals surface area contributed by atoms with Gasteiger partial charge in [0.1, 0.15) is 0 Å². The van der Waals surface area contributed by atoms with E-state index in [-0.39, 0.29) is 7.43 Å². The van der Waals surface area contributed by atoms with Gasteiger partial charge < -0.3 is 0 Å². The molecule has 9 aromatic rings. The summed E-state index contributed by atoms with van der Waals surface area (Å²) in [6.45, 7) is 21.8. The van der Waals surface area contributed by atoms with E-state index in [4.69, 9.17) is 0 Å². The van der Waals surface area contributed by atoms with Gasteiger partial charge in [0, 0.05) is 0 Å². The summed E-state index contributed by atoms with van der Waals surface area (Å²) < 4.78 is 0. The molecule has 0 atom stereocenters. The first-order valence-corrected chi connectivity index (χ1v) is 20.2. The van der Waals surface area contributed by atoms with E-state index in [1.165, 1.54) is 110 Å². The Kier molecular flexibility index (Phi) is 9.22. The highest BCUT2D eigenvalue weighted by atomic mass is 14.4. The molecule has 0 heteroatoms. The molecule has 2 aliphatic rings. The zero-order valence-corrected chi connectivity index (χ0v) is 33.0. The zero-order valence-electron chi connectivity index (χ0n) is 33.0. The second kappa shape index (κ2) is 14.6. The van der Waals surface area contributed by atoms with Gasteiger partial charge in [-0.1, -0.05) is 205 Å². The van der Waals surface area contributed by atoms with Crippen LogP contribution < -0.4 is 0 Å². The van der Waals surface area contributed by atoms with Crippen molar-refractivity contribution < 1.29 is 0 Å². The number of hydrogen-bond acceptors (Lipinski definition) is 0. The van der Waals surface area contributed by atoms with Crippen molar-refractivity contribution >= 4 is 56.1 Å². The Morgan fingerprint density at radius 1 is 0.339 bits per heavy atom. The SMILES string of the molecule is C.C=Cc1c(C=C)c(-c2ccccc2)c2c(c1-c1ccccc1)-c1cccc3c(-c4cc5c(C=C)c6c(cc5c5ccccc45)-c4ccccc4C6=C)ccc-2c13.CC. The molecule has 0 bridgehead atoms. The van der Waals surface area contributed by atoms with Gasteiger partial charge in [0.25, 0.3) is 0 Å². The summed E-state index contributed by atoms with van der Waals surface area (Å²) in [6, 6.07) is 55.4. The van der Waals surface area contributed by atoms with Crippen molar-refractivity contribution in [3.63, 3.8) is 0 Å². The molecule has 0 saturated carbocycles. The van der Waals surface area contributed by atoms with Gasteiger partial charge in [-0.3, -0.25) is 0 Å². The standard InChI is InChI=1S/C56H36.C2H6.CH4/c1-5-36-37(6-2)53(35-21-12-9-13-22-35)56-46-30-29-43(44-27-18-28-45(54(44)46)55(56)52(36)34-19-10-8-11-20-34)48-31-47-38(7-3)51-33(4)39-23-14-15-24-40(39)50(51)32-49(47)42-26-17-16-25-41(42)48;1-2;/h5-32H,1-4H2;1-2H3;1H4. The third-order valence-electron chi connectivity index (χ3n) is 12.2. The zero-order chi connectivity index (χ0) is 39.7. The molecule has 0 amide bonds. The Hall–Kier alpha value is -7.28. The topological polar surface area (TPSA) is 0 Å². The van der Waals surface area contributed by atoms with Crippen LogP contribution in [0.25, 0.3) is 123 Å². The third kappa shape index (κ3) is 5.23. The molecule has 0 spiro atoms. The largest absolute Gasteiger partial charge is 0.0984 e. The van der Waals surface area contributed by atoms with Crippen molar-refractivity contribution in [2.75, 3.05) is 0 Å². The Balaban J connectivity index is 0.00000148. The summed E-state index contributed by atoms with van der Waals surface area (Å²) in [5.74, 6) is 0. The van der Waals surface area contributed by atoms with Crippen molar-refractivity contribution in [2.45, 2.75) is 21.3 Å². The van der Waals surface area contributed by atoms with Crippen LogP contribution in [0.5, 0.6) is 0 Å². The smallest absolute Gasteiger partial charge is 0.000741 e. The second-order valence-electron chi connectivity index (χ2n) is 14.9. The van der Waals surface area contributed by atoms with Gasteiger partial charge in [0.05, 0.1) is 0 Å². The number of fused-ring (bicyclic) bond motifs is 9. The third-order valence-corrected chi connectivity index (χ3v) is 12.2. The van der Waals surface area contributed by atoms with Crippen LogP contribution >= 0.6 is 0 Å². The molecule has 11 rings (SSSR count). The second-order valence-corrected chi connectivity index (χ2v) is 14.9. The van der Waals surface area contributed by atoms with Crippen molar-refractivity contribution in [1.29, 1.82) is 0 Å². The van der Waals surface area contributed by atoms with Crippen molar-refractivity contribution in [2.24, 2.45) is 0 Å². The summed E-state index contributed by atoms with van der Waals surface area (Å²) in [4.78, 5) is 0. The highest BCUT2D eigenvalue weighted by molar-refractivity contribution is 6.27. The molecule has 0 heterocycles. The van der Waals surface area contributed by atoms with Gasteiger partial charge in [-0.25, -0.2) is 0 Å². The Bertz CT molecular complexity index is 3140. The van der Waals surface area contributed by atoms with Crippen LogP contribution in [-0.4, -0.2) is 0 Å². The lowest BCUT2D eigenvalue weighted by molar-refractivity contribution is 1.50. The van der Waals surface area contributed by atoms with Gasteiger partial charge >= 0.3 is 0 Å². The van der Waals surface area contributed by atoms with Crippen LogP contribution in [-0.2, 0) is 0 Å². The Morgan fingerprint density at radius 3 is 1.42 bits per heavy atom. The summed E-state index contributed by atoms with van der Waals surface area (Å²) in [7, 11) is 0. The summed E-state index contributed by atoms with van der Waals surface area (Å²) in [5.41, 5.74) is 21.4. The molecule has 0 N–H and O–H groups in total. The summed E-state index contributed by atoms with van der Waals surface area (Å²) in [6.07, 6.45) is 6.07. The van der Waals surface area contributed by atoms with E-state index < -0.39 is 0 Å². The molecule has 0 aromatic heterocycles. The molecular weight excluding hydrogens is 709 g/mol. The molecule has 59 heavy (non-hydrogen) atoms. The monoisotopic (exact) mass is 754 g/mol. The fraction of sp³-hybridized carbons (Fsp3) is 0.0508. The van der Waals surface area contributed by atoms with Crippen LogP contribution in [0.2, 0.25) is 0 Å². The highest BCUT2D eigenvalue weighted by Crippen LogP contribution is 2.59.